The van der Waals surface area contributed by atoms with E-state index in [0.717, 1.165) is 45.3 Å². The summed E-state index contributed by atoms with van der Waals surface area (Å²) >= 11 is 0. The van der Waals surface area contributed by atoms with Gasteiger partial charge in [-0.3, -0.25) is 4.90 Å². The molecular formula is C19H32Cl2N2O. The second-order valence-electron chi connectivity index (χ2n) is 7.00. The van der Waals surface area contributed by atoms with E-state index in [1.807, 2.05) is 0 Å². The second-order valence-corrected chi connectivity index (χ2v) is 7.00. The predicted octanol–water partition coefficient (Wildman–Crippen LogP) is 4.03. The highest BCUT2D eigenvalue weighted by molar-refractivity contribution is 5.85. The number of rotatable bonds is 4. The zero-order valence-electron chi connectivity index (χ0n) is 14.9. The predicted molar refractivity (Wildman–Crippen MR) is 106 cm³/mol. The zero-order valence-corrected chi connectivity index (χ0v) is 16.5. The summed E-state index contributed by atoms with van der Waals surface area (Å²) in [5, 5.41) is 3.48. The van der Waals surface area contributed by atoms with E-state index >= 15 is 0 Å². The Bertz CT molecular complexity index is 437. The first-order valence-corrected chi connectivity index (χ1v) is 8.88. The van der Waals surface area contributed by atoms with Crippen molar-refractivity contribution in [2.24, 2.45) is 5.92 Å². The van der Waals surface area contributed by atoms with Crippen LogP contribution in [0.4, 0.5) is 0 Å². The first-order chi connectivity index (χ1) is 10.8. The SMILES string of the molecule is CC(C)c1ccc([C@@H](C2CCOCC2)N2CCNCC2)cc1.Cl.Cl. The molecule has 138 valence electrons. The summed E-state index contributed by atoms with van der Waals surface area (Å²) in [5.74, 6) is 1.34. The van der Waals surface area contributed by atoms with Crippen LogP contribution in [-0.4, -0.2) is 44.3 Å². The molecular weight excluding hydrogens is 343 g/mol. The van der Waals surface area contributed by atoms with Crippen LogP contribution in [0, 0.1) is 5.92 Å². The van der Waals surface area contributed by atoms with Crippen molar-refractivity contribution in [3.63, 3.8) is 0 Å². The summed E-state index contributed by atoms with van der Waals surface area (Å²) < 4.78 is 5.59. The molecule has 2 fully saturated rings. The fourth-order valence-electron chi connectivity index (χ4n) is 3.85. The van der Waals surface area contributed by atoms with Crippen molar-refractivity contribution in [1.82, 2.24) is 10.2 Å². The van der Waals surface area contributed by atoms with Gasteiger partial charge in [0.1, 0.15) is 0 Å². The summed E-state index contributed by atoms with van der Waals surface area (Å²) in [6.07, 6.45) is 2.39. The van der Waals surface area contributed by atoms with Crippen molar-refractivity contribution in [3.8, 4) is 0 Å². The fourth-order valence-corrected chi connectivity index (χ4v) is 3.85. The molecule has 3 rings (SSSR count). The molecule has 3 nitrogen and oxygen atoms in total. The van der Waals surface area contributed by atoms with Gasteiger partial charge < -0.3 is 10.1 Å². The number of hydrogen-bond donors (Lipinski definition) is 1. The zero-order chi connectivity index (χ0) is 15.4. The van der Waals surface area contributed by atoms with Crippen LogP contribution in [-0.2, 0) is 4.74 Å². The molecule has 5 heteroatoms. The summed E-state index contributed by atoms with van der Waals surface area (Å²) in [6.45, 7) is 10.9. The summed E-state index contributed by atoms with van der Waals surface area (Å²) in [4.78, 5) is 2.69. The topological polar surface area (TPSA) is 24.5 Å². The smallest absolute Gasteiger partial charge is 0.0469 e. The van der Waals surface area contributed by atoms with Gasteiger partial charge >= 0.3 is 0 Å². The van der Waals surface area contributed by atoms with Crippen molar-refractivity contribution in [3.05, 3.63) is 35.4 Å². The van der Waals surface area contributed by atoms with Crippen molar-refractivity contribution in [2.45, 2.75) is 38.6 Å². The summed E-state index contributed by atoms with van der Waals surface area (Å²) in [6, 6.07) is 9.96. The Balaban J connectivity index is 0.00000144. The van der Waals surface area contributed by atoms with E-state index in [1.165, 1.54) is 24.0 Å². The van der Waals surface area contributed by atoms with Crippen LogP contribution < -0.4 is 5.32 Å². The highest BCUT2D eigenvalue weighted by Gasteiger charge is 2.31. The first kappa shape index (κ1) is 21.7. The Hall–Kier alpha value is -0.320. The molecule has 1 N–H and O–H groups in total. The third kappa shape index (κ3) is 5.34. The van der Waals surface area contributed by atoms with Gasteiger partial charge in [-0.1, -0.05) is 38.1 Å². The molecule has 2 aliphatic rings. The lowest BCUT2D eigenvalue weighted by Crippen LogP contribution is -2.47. The van der Waals surface area contributed by atoms with Crippen LogP contribution >= 0.6 is 24.8 Å². The van der Waals surface area contributed by atoms with Gasteiger partial charge in [0.2, 0.25) is 0 Å². The van der Waals surface area contributed by atoms with Crippen LogP contribution in [0.15, 0.2) is 24.3 Å². The Morgan fingerprint density at radius 3 is 2.04 bits per heavy atom. The molecule has 0 amide bonds. The lowest BCUT2D eigenvalue weighted by atomic mass is 9.85. The summed E-state index contributed by atoms with van der Waals surface area (Å²) in [5.41, 5.74) is 2.94. The van der Waals surface area contributed by atoms with E-state index in [9.17, 15) is 0 Å². The van der Waals surface area contributed by atoms with E-state index < -0.39 is 0 Å². The standard InChI is InChI=1S/C19H30N2O.2ClH/c1-15(2)16-3-5-17(6-4-16)19(18-7-13-22-14-8-18)21-11-9-20-10-12-21;;/h3-6,15,18-20H,7-14H2,1-2H3;2*1H/t19-;;/m0../s1. The Morgan fingerprint density at radius 2 is 1.50 bits per heavy atom. The molecule has 0 radical (unpaired) electrons. The van der Waals surface area contributed by atoms with Gasteiger partial charge in [0, 0.05) is 45.4 Å². The van der Waals surface area contributed by atoms with Crippen molar-refractivity contribution in [1.29, 1.82) is 0 Å². The molecule has 0 spiro atoms. The average Bonchev–Trinajstić information content (AvgIpc) is 2.57. The Morgan fingerprint density at radius 1 is 0.958 bits per heavy atom. The van der Waals surface area contributed by atoms with Gasteiger partial charge in [-0.05, 0) is 35.8 Å². The van der Waals surface area contributed by atoms with Gasteiger partial charge in [0.25, 0.3) is 0 Å². The third-order valence-corrected chi connectivity index (χ3v) is 5.20. The molecule has 0 aromatic heterocycles. The monoisotopic (exact) mass is 374 g/mol. The van der Waals surface area contributed by atoms with Gasteiger partial charge in [0.05, 0.1) is 0 Å². The Kier molecular flexibility index (Phi) is 9.61. The molecule has 24 heavy (non-hydrogen) atoms. The number of ether oxygens (including phenoxy) is 1. The minimum Gasteiger partial charge on any atom is -0.381 e. The Labute approximate surface area is 159 Å². The second kappa shape index (κ2) is 10.6. The van der Waals surface area contributed by atoms with Gasteiger partial charge in [-0.25, -0.2) is 0 Å². The average molecular weight is 375 g/mol. The van der Waals surface area contributed by atoms with E-state index in [2.05, 4.69) is 48.3 Å². The highest BCUT2D eigenvalue weighted by Crippen LogP contribution is 2.35. The minimum atomic E-state index is 0. The number of nitrogens with one attached hydrogen (secondary N) is 1. The fraction of sp³-hybridized carbons (Fsp3) is 0.684. The van der Waals surface area contributed by atoms with E-state index in [4.69, 9.17) is 4.74 Å². The molecule has 2 heterocycles. The molecule has 1 atom stereocenters. The normalized spacial score (nSPS) is 21.0. The van der Waals surface area contributed by atoms with Crippen LogP contribution in [0.2, 0.25) is 0 Å². The molecule has 2 aliphatic heterocycles. The molecule has 2 saturated heterocycles. The van der Waals surface area contributed by atoms with E-state index in [1.54, 1.807) is 0 Å². The number of hydrogen-bond acceptors (Lipinski definition) is 3. The van der Waals surface area contributed by atoms with Crippen LogP contribution in [0.25, 0.3) is 0 Å². The first-order valence-electron chi connectivity index (χ1n) is 8.88. The molecule has 1 aromatic rings. The number of halogens is 2. The van der Waals surface area contributed by atoms with Crippen LogP contribution in [0.1, 0.15) is 49.8 Å². The van der Waals surface area contributed by atoms with Crippen LogP contribution in [0.3, 0.4) is 0 Å². The van der Waals surface area contributed by atoms with Gasteiger partial charge in [-0.15, -0.1) is 24.8 Å². The van der Waals surface area contributed by atoms with Crippen molar-refractivity contribution in [2.75, 3.05) is 39.4 Å². The largest absolute Gasteiger partial charge is 0.381 e. The summed E-state index contributed by atoms with van der Waals surface area (Å²) in [7, 11) is 0. The molecule has 0 bridgehead atoms. The van der Waals surface area contributed by atoms with Crippen molar-refractivity contribution < 1.29 is 4.74 Å². The number of benzene rings is 1. The number of nitrogens with zero attached hydrogens (tertiary/aromatic N) is 1. The molecule has 0 unspecified atom stereocenters. The van der Waals surface area contributed by atoms with Gasteiger partial charge in [0.15, 0.2) is 0 Å². The number of piperazine rings is 1. The maximum atomic E-state index is 5.59. The molecule has 0 saturated carbocycles. The lowest BCUT2D eigenvalue weighted by Gasteiger charge is -2.41. The maximum absolute atomic E-state index is 5.59. The third-order valence-electron chi connectivity index (χ3n) is 5.20. The van der Waals surface area contributed by atoms with Crippen LogP contribution in [0.5, 0.6) is 0 Å². The van der Waals surface area contributed by atoms with Gasteiger partial charge in [-0.2, -0.15) is 0 Å². The maximum Gasteiger partial charge on any atom is 0.0469 e. The quantitative estimate of drug-likeness (QED) is 0.860. The molecule has 0 aliphatic carbocycles. The van der Waals surface area contributed by atoms with E-state index in [0.29, 0.717) is 12.0 Å². The highest BCUT2D eigenvalue weighted by atomic mass is 35.5. The minimum absolute atomic E-state index is 0. The molecule has 1 aromatic carbocycles. The lowest BCUT2D eigenvalue weighted by molar-refractivity contribution is 0.0213. The van der Waals surface area contributed by atoms with E-state index in [-0.39, 0.29) is 24.8 Å². The van der Waals surface area contributed by atoms with Crippen molar-refractivity contribution >= 4 is 24.8 Å².